The molecule has 0 aliphatic carbocycles. The third-order valence-corrected chi connectivity index (χ3v) is 2.94. The molecule has 3 nitrogen and oxygen atoms in total. The molecule has 0 radical (unpaired) electrons. The van der Waals surface area contributed by atoms with Gasteiger partial charge in [0.2, 0.25) is 5.56 Å². The van der Waals surface area contributed by atoms with Crippen molar-refractivity contribution < 1.29 is 4.74 Å². The molecule has 0 aliphatic rings. The predicted molar refractivity (Wildman–Crippen MR) is 63.6 cm³/mol. The maximum Gasteiger partial charge on any atom is 0.248 e. The Morgan fingerprint density at radius 2 is 2.07 bits per heavy atom. The van der Waals surface area contributed by atoms with Gasteiger partial charge in [0.1, 0.15) is 5.75 Å². The molecular formula is C11H10BrNO2. The number of aryl methyl sites for hydroxylation is 1. The molecule has 0 bridgehead atoms. The van der Waals surface area contributed by atoms with Crippen molar-refractivity contribution in [1.29, 1.82) is 0 Å². The largest absolute Gasteiger partial charge is 0.495 e. The molecule has 2 aromatic rings. The highest BCUT2D eigenvalue weighted by atomic mass is 79.9. The Labute approximate surface area is 95.2 Å². The Morgan fingerprint density at radius 1 is 1.33 bits per heavy atom. The standard InChI is InChI=1S/C11H10BrNO2/c1-6-3-11(14)13-9-5-10(15-2)8(12)4-7(6)9/h3-5H,1-2H3,(H,13,14). The van der Waals surface area contributed by atoms with Gasteiger partial charge in [-0.25, -0.2) is 0 Å². The van der Waals surface area contributed by atoms with Gasteiger partial charge in [0, 0.05) is 17.5 Å². The number of halogens is 1. The molecule has 0 amide bonds. The van der Waals surface area contributed by atoms with Crippen molar-refractivity contribution in [3.8, 4) is 5.75 Å². The van der Waals surface area contributed by atoms with Gasteiger partial charge in [-0.3, -0.25) is 4.79 Å². The summed E-state index contributed by atoms with van der Waals surface area (Å²) >= 11 is 3.41. The second-order valence-electron chi connectivity index (χ2n) is 3.35. The molecule has 1 N–H and O–H groups in total. The van der Waals surface area contributed by atoms with Gasteiger partial charge in [-0.1, -0.05) is 0 Å². The van der Waals surface area contributed by atoms with Crippen molar-refractivity contribution in [1.82, 2.24) is 4.98 Å². The molecule has 0 fully saturated rings. The average molecular weight is 268 g/mol. The molecule has 0 saturated heterocycles. The van der Waals surface area contributed by atoms with E-state index in [0.717, 1.165) is 20.9 Å². The lowest BCUT2D eigenvalue weighted by Gasteiger charge is -2.06. The summed E-state index contributed by atoms with van der Waals surface area (Å²) in [4.78, 5) is 14.1. The number of hydrogen-bond donors (Lipinski definition) is 1. The number of methoxy groups -OCH3 is 1. The summed E-state index contributed by atoms with van der Waals surface area (Å²) in [5, 5.41) is 1.02. The quantitative estimate of drug-likeness (QED) is 0.863. The molecule has 0 saturated carbocycles. The van der Waals surface area contributed by atoms with E-state index in [-0.39, 0.29) is 5.56 Å². The smallest absolute Gasteiger partial charge is 0.248 e. The van der Waals surface area contributed by atoms with Gasteiger partial charge in [0.05, 0.1) is 17.1 Å². The van der Waals surface area contributed by atoms with Gasteiger partial charge in [-0.2, -0.15) is 0 Å². The van der Waals surface area contributed by atoms with Crippen molar-refractivity contribution in [2.75, 3.05) is 7.11 Å². The first kappa shape index (κ1) is 10.2. The molecule has 1 aromatic heterocycles. The van der Waals surface area contributed by atoms with Crippen LogP contribution in [0.3, 0.4) is 0 Å². The second kappa shape index (κ2) is 3.70. The Bertz CT molecular complexity index is 575. The lowest BCUT2D eigenvalue weighted by molar-refractivity contribution is 0.412. The van der Waals surface area contributed by atoms with Crippen LogP contribution in [0.1, 0.15) is 5.56 Å². The minimum Gasteiger partial charge on any atom is -0.495 e. The number of aromatic nitrogens is 1. The first-order valence-electron chi connectivity index (χ1n) is 4.49. The molecule has 0 unspecified atom stereocenters. The monoisotopic (exact) mass is 267 g/mol. The SMILES string of the molecule is COc1cc2[nH]c(=O)cc(C)c2cc1Br. The number of ether oxygens (including phenoxy) is 1. The summed E-state index contributed by atoms with van der Waals surface area (Å²) in [6.07, 6.45) is 0. The molecular weight excluding hydrogens is 258 g/mol. The van der Waals surface area contributed by atoms with Crippen molar-refractivity contribution in [3.05, 3.63) is 38.6 Å². The number of fused-ring (bicyclic) bond motifs is 1. The lowest BCUT2D eigenvalue weighted by atomic mass is 10.1. The Morgan fingerprint density at radius 3 is 2.73 bits per heavy atom. The van der Waals surface area contributed by atoms with Gasteiger partial charge >= 0.3 is 0 Å². The zero-order chi connectivity index (χ0) is 11.0. The maximum atomic E-state index is 11.3. The van der Waals surface area contributed by atoms with Crippen LogP contribution in [0.15, 0.2) is 27.5 Å². The number of H-pyrrole nitrogens is 1. The molecule has 2 rings (SSSR count). The number of nitrogens with one attached hydrogen (secondary N) is 1. The summed E-state index contributed by atoms with van der Waals surface area (Å²) in [5.74, 6) is 0.712. The number of hydrogen-bond acceptors (Lipinski definition) is 2. The van der Waals surface area contributed by atoms with Crippen LogP contribution in [-0.4, -0.2) is 12.1 Å². The van der Waals surface area contributed by atoms with Crippen LogP contribution in [0.25, 0.3) is 10.9 Å². The van der Waals surface area contributed by atoms with E-state index in [4.69, 9.17) is 4.74 Å². The van der Waals surface area contributed by atoms with Crippen molar-refractivity contribution in [2.45, 2.75) is 6.92 Å². The third kappa shape index (κ3) is 1.77. The van der Waals surface area contributed by atoms with E-state index in [0.29, 0.717) is 5.75 Å². The summed E-state index contributed by atoms with van der Waals surface area (Å²) in [7, 11) is 1.60. The van der Waals surface area contributed by atoms with Crippen LogP contribution in [0.2, 0.25) is 0 Å². The molecule has 78 valence electrons. The summed E-state index contributed by atoms with van der Waals surface area (Å²) in [6, 6.07) is 5.34. The minimum absolute atomic E-state index is 0.0932. The first-order valence-corrected chi connectivity index (χ1v) is 5.28. The van der Waals surface area contributed by atoms with Gasteiger partial charge in [-0.05, 0) is 34.5 Å². The summed E-state index contributed by atoms with van der Waals surface area (Å²) < 4.78 is 6.05. The van der Waals surface area contributed by atoms with Crippen LogP contribution in [0.4, 0.5) is 0 Å². The van der Waals surface area contributed by atoms with E-state index in [2.05, 4.69) is 20.9 Å². The lowest BCUT2D eigenvalue weighted by Crippen LogP contribution is -2.05. The first-order chi connectivity index (χ1) is 7.11. The molecule has 0 atom stereocenters. The zero-order valence-electron chi connectivity index (χ0n) is 8.43. The van der Waals surface area contributed by atoms with Crippen molar-refractivity contribution in [2.24, 2.45) is 0 Å². The van der Waals surface area contributed by atoms with Crippen LogP contribution in [0, 0.1) is 6.92 Å². The van der Waals surface area contributed by atoms with E-state index < -0.39 is 0 Å². The van der Waals surface area contributed by atoms with Crippen LogP contribution in [-0.2, 0) is 0 Å². The molecule has 1 heterocycles. The van der Waals surface area contributed by atoms with Gasteiger partial charge < -0.3 is 9.72 Å². The molecule has 4 heteroatoms. The Hall–Kier alpha value is -1.29. The summed E-state index contributed by atoms with van der Waals surface area (Å²) in [5.41, 5.74) is 1.65. The number of aromatic amines is 1. The molecule has 15 heavy (non-hydrogen) atoms. The fourth-order valence-electron chi connectivity index (χ4n) is 1.58. The number of benzene rings is 1. The number of pyridine rings is 1. The highest BCUT2D eigenvalue weighted by Crippen LogP contribution is 2.29. The Balaban J connectivity index is 2.87. The Kier molecular flexibility index (Phi) is 2.52. The highest BCUT2D eigenvalue weighted by Gasteiger charge is 2.05. The van der Waals surface area contributed by atoms with E-state index in [1.165, 1.54) is 0 Å². The minimum atomic E-state index is -0.0932. The van der Waals surface area contributed by atoms with Crippen molar-refractivity contribution >= 4 is 26.8 Å². The van der Waals surface area contributed by atoms with E-state index in [1.54, 1.807) is 13.2 Å². The molecule has 0 aliphatic heterocycles. The van der Waals surface area contributed by atoms with Gasteiger partial charge in [0.25, 0.3) is 0 Å². The molecule has 0 spiro atoms. The normalized spacial score (nSPS) is 10.6. The maximum absolute atomic E-state index is 11.3. The molecule has 1 aromatic carbocycles. The number of rotatable bonds is 1. The van der Waals surface area contributed by atoms with E-state index in [1.807, 2.05) is 19.1 Å². The summed E-state index contributed by atoms with van der Waals surface area (Å²) in [6.45, 7) is 1.91. The van der Waals surface area contributed by atoms with E-state index >= 15 is 0 Å². The predicted octanol–water partition coefficient (Wildman–Crippen LogP) is 2.61. The van der Waals surface area contributed by atoms with Crippen molar-refractivity contribution in [3.63, 3.8) is 0 Å². The van der Waals surface area contributed by atoms with E-state index in [9.17, 15) is 4.79 Å². The fourth-order valence-corrected chi connectivity index (χ4v) is 2.09. The van der Waals surface area contributed by atoms with Crippen LogP contribution >= 0.6 is 15.9 Å². The van der Waals surface area contributed by atoms with Gasteiger partial charge in [-0.15, -0.1) is 0 Å². The average Bonchev–Trinajstić information content (AvgIpc) is 2.18. The fraction of sp³-hybridized carbons (Fsp3) is 0.182. The zero-order valence-corrected chi connectivity index (χ0v) is 10.0. The van der Waals surface area contributed by atoms with Gasteiger partial charge in [0.15, 0.2) is 0 Å². The van der Waals surface area contributed by atoms with Crippen LogP contribution in [0.5, 0.6) is 5.75 Å². The second-order valence-corrected chi connectivity index (χ2v) is 4.20. The third-order valence-electron chi connectivity index (χ3n) is 2.32. The topological polar surface area (TPSA) is 42.1 Å². The highest BCUT2D eigenvalue weighted by molar-refractivity contribution is 9.10. The van der Waals surface area contributed by atoms with Crippen LogP contribution < -0.4 is 10.3 Å².